The number of aliphatic hydroxyl groups is 1. The van der Waals surface area contributed by atoms with Gasteiger partial charge in [-0.15, -0.1) is 0 Å². The van der Waals surface area contributed by atoms with Gasteiger partial charge < -0.3 is 15.2 Å². The molecule has 0 rings (SSSR count). The molecule has 0 spiro atoms. The van der Waals surface area contributed by atoms with Crippen molar-refractivity contribution >= 4 is 6.09 Å². The Balaban J connectivity index is 3.31. The van der Waals surface area contributed by atoms with Crippen LogP contribution < -0.4 is 5.32 Å². The third kappa shape index (κ3) is 5.97. The number of hydrogen-bond donors (Lipinski definition) is 2. The fourth-order valence-corrected chi connectivity index (χ4v) is 0.591. The van der Waals surface area contributed by atoms with E-state index in [4.69, 9.17) is 5.11 Å². The standard InChI is InChI=1S/C8H17NO3/c1-3-7(2)6-9-8(11)12-5-4-10/h7,10H,3-6H2,1-2H3,(H,9,11). The number of amides is 1. The van der Waals surface area contributed by atoms with Crippen LogP contribution in [0.2, 0.25) is 0 Å². The van der Waals surface area contributed by atoms with Gasteiger partial charge in [0.1, 0.15) is 6.61 Å². The molecule has 0 aromatic carbocycles. The molecule has 0 radical (unpaired) electrons. The van der Waals surface area contributed by atoms with Crippen LogP contribution in [0, 0.1) is 5.92 Å². The molecule has 0 aromatic rings. The molecule has 0 fully saturated rings. The van der Waals surface area contributed by atoms with E-state index in [1.165, 1.54) is 0 Å². The summed E-state index contributed by atoms with van der Waals surface area (Å²) in [6.45, 7) is 4.67. The summed E-state index contributed by atoms with van der Waals surface area (Å²) in [6, 6.07) is 0. The highest BCUT2D eigenvalue weighted by Gasteiger charge is 2.03. The largest absolute Gasteiger partial charge is 0.447 e. The Hall–Kier alpha value is -0.770. The molecule has 4 nitrogen and oxygen atoms in total. The molecular formula is C8H17NO3. The van der Waals surface area contributed by atoms with E-state index in [1.54, 1.807) is 0 Å². The molecule has 1 amide bonds. The second-order valence-corrected chi connectivity index (χ2v) is 2.75. The molecule has 0 saturated carbocycles. The van der Waals surface area contributed by atoms with Crippen LogP contribution in [-0.2, 0) is 4.74 Å². The van der Waals surface area contributed by atoms with E-state index in [2.05, 4.69) is 17.0 Å². The first-order chi connectivity index (χ1) is 5.70. The smallest absolute Gasteiger partial charge is 0.407 e. The fourth-order valence-electron chi connectivity index (χ4n) is 0.591. The van der Waals surface area contributed by atoms with Crippen LogP contribution in [0.1, 0.15) is 20.3 Å². The highest BCUT2D eigenvalue weighted by Crippen LogP contribution is 1.96. The van der Waals surface area contributed by atoms with E-state index in [0.29, 0.717) is 12.5 Å². The van der Waals surface area contributed by atoms with Gasteiger partial charge >= 0.3 is 6.09 Å². The summed E-state index contributed by atoms with van der Waals surface area (Å²) in [5.74, 6) is 0.465. The summed E-state index contributed by atoms with van der Waals surface area (Å²) >= 11 is 0. The van der Waals surface area contributed by atoms with Gasteiger partial charge in [0.05, 0.1) is 6.61 Å². The first-order valence-corrected chi connectivity index (χ1v) is 4.22. The lowest BCUT2D eigenvalue weighted by molar-refractivity contribution is 0.118. The second-order valence-electron chi connectivity index (χ2n) is 2.75. The summed E-state index contributed by atoms with van der Waals surface area (Å²) in [6.07, 6.45) is 0.574. The van der Waals surface area contributed by atoms with Crippen molar-refractivity contribution in [2.75, 3.05) is 19.8 Å². The normalized spacial score (nSPS) is 12.2. The molecule has 2 N–H and O–H groups in total. The molecule has 1 unspecified atom stereocenters. The molecule has 4 heteroatoms. The van der Waals surface area contributed by atoms with Gasteiger partial charge in [0.2, 0.25) is 0 Å². The SMILES string of the molecule is CCC(C)CNC(=O)OCCO. The average Bonchev–Trinajstić information content (AvgIpc) is 2.10. The maximum absolute atomic E-state index is 10.8. The number of rotatable bonds is 5. The van der Waals surface area contributed by atoms with Crippen molar-refractivity contribution < 1.29 is 14.6 Å². The summed E-state index contributed by atoms with van der Waals surface area (Å²) in [5.41, 5.74) is 0. The minimum absolute atomic E-state index is 0.0618. The summed E-state index contributed by atoms with van der Waals surface area (Å²) in [5, 5.41) is 10.9. The molecule has 0 aliphatic rings. The van der Waals surface area contributed by atoms with Crippen LogP contribution >= 0.6 is 0 Å². The third-order valence-corrected chi connectivity index (χ3v) is 1.62. The van der Waals surface area contributed by atoms with Gasteiger partial charge in [0, 0.05) is 6.54 Å². The Bertz CT molecular complexity index is 127. The fraction of sp³-hybridized carbons (Fsp3) is 0.875. The van der Waals surface area contributed by atoms with Crippen LogP contribution in [-0.4, -0.2) is 31.0 Å². The first-order valence-electron chi connectivity index (χ1n) is 4.22. The minimum atomic E-state index is -0.454. The van der Waals surface area contributed by atoms with E-state index in [1.807, 2.05) is 6.92 Å². The zero-order valence-electron chi connectivity index (χ0n) is 7.67. The van der Waals surface area contributed by atoms with Crippen molar-refractivity contribution in [1.82, 2.24) is 5.32 Å². The number of aliphatic hydroxyl groups excluding tert-OH is 1. The third-order valence-electron chi connectivity index (χ3n) is 1.62. The van der Waals surface area contributed by atoms with E-state index < -0.39 is 6.09 Å². The van der Waals surface area contributed by atoms with E-state index in [9.17, 15) is 4.79 Å². The minimum Gasteiger partial charge on any atom is -0.447 e. The molecule has 0 aliphatic heterocycles. The maximum atomic E-state index is 10.8. The molecule has 12 heavy (non-hydrogen) atoms. The zero-order chi connectivity index (χ0) is 9.40. The van der Waals surface area contributed by atoms with Gasteiger partial charge in [0.15, 0.2) is 0 Å². The zero-order valence-corrected chi connectivity index (χ0v) is 7.67. The van der Waals surface area contributed by atoms with Crippen molar-refractivity contribution in [3.8, 4) is 0 Å². The molecule has 1 atom stereocenters. The Kier molecular flexibility index (Phi) is 6.47. The van der Waals surface area contributed by atoms with Crippen molar-refractivity contribution in [3.63, 3.8) is 0 Å². The summed E-state index contributed by atoms with van der Waals surface area (Å²) < 4.78 is 4.59. The first kappa shape index (κ1) is 11.2. The summed E-state index contributed by atoms with van der Waals surface area (Å²) in [4.78, 5) is 10.8. The Labute approximate surface area is 72.9 Å². The van der Waals surface area contributed by atoms with Crippen LogP contribution in [0.25, 0.3) is 0 Å². The monoisotopic (exact) mass is 175 g/mol. The van der Waals surface area contributed by atoms with Gasteiger partial charge in [-0.3, -0.25) is 0 Å². The van der Waals surface area contributed by atoms with Crippen molar-refractivity contribution in [3.05, 3.63) is 0 Å². The molecule has 72 valence electrons. The Morgan fingerprint density at radius 1 is 1.67 bits per heavy atom. The number of nitrogens with one attached hydrogen (secondary N) is 1. The second kappa shape index (κ2) is 6.91. The highest BCUT2D eigenvalue weighted by atomic mass is 16.6. The molecule has 0 aliphatic carbocycles. The van der Waals surface area contributed by atoms with Gasteiger partial charge in [0.25, 0.3) is 0 Å². The molecule has 0 heterocycles. The van der Waals surface area contributed by atoms with Crippen LogP contribution in [0.4, 0.5) is 4.79 Å². The van der Waals surface area contributed by atoms with Crippen LogP contribution in [0.15, 0.2) is 0 Å². The number of carbonyl (C=O) groups is 1. The van der Waals surface area contributed by atoms with E-state index in [-0.39, 0.29) is 13.2 Å². The van der Waals surface area contributed by atoms with Crippen molar-refractivity contribution in [2.45, 2.75) is 20.3 Å². The lowest BCUT2D eigenvalue weighted by Crippen LogP contribution is -2.29. The van der Waals surface area contributed by atoms with E-state index >= 15 is 0 Å². The molecule has 0 aromatic heterocycles. The predicted molar refractivity (Wildman–Crippen MR) is 45.9 cm³/mol. The number of ether oxygens (including phenoxy) is 1. The van der Waals surface area contributed by atoms with Gasteiger partial charge in [-0.25, -0.2) is 4.79 Å². The Morgan fingerprint density at radius 3 is 2.83 bits per heavy atom. The maximum Gasteiger partial charge on any atom is 0.407 e. The number of alkyl carbamates (subject to hydrolysis) is 1. The van der Waals surface area contributed by atoms with Crippen molar-refractivity contribution in [1.29, 1.82) is 0 Å². The van der Waals surface area contributed by atoms with Gasteiger partial charge in [-0.05, 0) is 5.92 Å². The lowest BCUT2D eigenvalue weighted by atomic mass is 10.1. The number of hydrogen-bond acceptors (Lipinski definition) is 3. The average molecular weight is 175 g/mol. The molecular weight excluding hydrogens is 158 g/mol. The quantitative estimate of drug-likeness (QED) is 0.648. The van der Waals surface area contributed by atoms with Gasteiger partial charge in [-0.2, -0.15) is 0 Å². The van der Waals surface area contributed by atoms with E-state index in [0.717, 1.165) is 6.42 Å². The van der Waals surface area contributed by atoms with Crippen LogP contribution in [0.5, 0.6) is 0 Å². The molecule has 0 bridgehead atoms. The van der Waals surface area contributed by atoms with Crippen molar-refractivity contribution in [2.24, 2.45) is 5.92 Å². The highest BCUT2D eigenvalue weighted by molar-refractivity contribution is 5.67. The Morgan fingerprint density at radius 2 is 2.33 bits per heavy atom. The molecule has 0 saturated heterocycles. The van der Waals surface area contributed by atoms with Gasteiger partial charge in [-0.1, -0.05) is 20.3 Å². The predicted octanol–water partition coefficient (Wildman–Crippen LogP) is 0.751. The van der Waals surface area contributed by atoms with Crippen LogP contribution in [0.3, 0.4) is 0 Å². The lowest BCUT2D eigenvalue weighted by Gasteiger charge is -2.09. The summed E-state index contributed by atoms with van der Waals surface area (Å²) in [7, 11) is 0. The topological polar surface area (TPSA) is 58.6 Å². The number of carbonyl (C=O) groups excluding carboxylic acids is 1.